The van der Waals surface area contributed by atoms with Gasteiger partial charge in [-0.1, -0.05) is 13.8 Å². The van der Waals surface area contributed by atoms with E-state index in [0.29, 0.717) is 19.5 Å². The number of hydrogen-bond acceptors (Lipinski definition) is 3. The molecule has 5 nitrogen and oxygen atoms in total. The van der Waals surface area contributed by atoms with E-state index in [2.05, 4.69) is 5.32 Å². The number of likely N-dealkylation sites (tertiary alicyclic amines) is 1. The van der Waals surface area contributed by atoms with Crippen LogP contribution in [0.15, 0.2) is 0 Å². The first-order valence-electron chi connectivity index (χ1n) is 6.27. The average Bonchev–Trinajstić information content (AvgIpc) is 2.64. The Morgan fingerprint density at radius 3 is 2.53 bits per heavy atom. The molecule has 0 spiro atoms. The fraction of sp³-hybridized carbons (Fsp3) is 0.833. The van der Waals surface area contributed by atoms with Crippen LogP contribution in [0.2, 0.25) is 0 Å². The molecule has 0 aromatic carbocycles. The standard InChI is InChI=1S/C12H23N3O2/c1-8(2)11(12(17)14-9(3)7-13)15-6-4-5-10(15)16/h8-9,11H,4-7,13H2,1-3H3,(H,14,17)/t9-,11?/m0/s1. The van der Waals surface area contributed by atoms with Crippen molar-refractivity contribution in [2.24, 2.45) is 11.7 Å². The molecule has 0 saturated carbocycles. The highest BCUT2D eigenvalue weighted by atomic mass is 16.2. The van der Waals surface area contributed by atoms with E-state index in [1.807, 2.05) is 20.8 Å². The Labute approximate surface area is 103 Å². The Morgan fingerprint density at radius 2 is 2.12 bits per heavy atom. The molecule has 2 atom stereocenters. The van der Waals surface area contributed by atoms with Gasteiger partial charge in [-0.15, -0.1) is 0 Å². The molecule has 0 aliphatic carbocycles. The van der Waals surface area contributed by atoms with Crippen molar-refractivity contribution >= 4 is 11.8 Å². The van der Waals surface area contributed by atoms with Crippen LogP contribution >= 0.6 is 0 Å². The Hall–Kier alpha value is -1.10. The number of rotatable bonds is 5. The van der Waals surface area contributed by atoms with Crippen LogP contribution in [-0.2, 0) is 9.59 Å². The van der Waals surface area contributed by atoms with Gasteiger partial charge >= 0.3 is 0 Å². The topological polar surface area (TPSA) is 75.4 Å². The number of hydrogen-bond donors (Lipinski definition) is 2. The zero-order valence-corrected chi connectivity index (χ0v) is 10.9. The summed E-state index contributed by atoms with van der Waals surface area (Å²) in [5.41, 5.74) is 5.48. The molecule has 1 aliphatic heterocycles. The van der Waals surface area contributed by atoms with Crippen molar-refractivity contribution < 1.29 is 9.59 Å². The first-order chi connectivity index (χ1) is 7.97. The normalized spacial score (nSPS) is 19.6. The Balaban J connectivity index is 2.71. The Kier molecular flexibility index (Phi) is 4.93. The molecular weight excluding hydrogens is 218 g/mol. The number of carbonyl (C=O) groups excluding carboxylic acids is 2. The SMILES string of the molecule is CC(C)C(C(=O)N[C@@H](C)CN)N1CCCC1=O. The third-order valence-electron chi connectivity index (χ3n) is 3.09. The van der Waals surface area contributed by atoms with Gasteiger partial charge in [-0.25, -0.2) is 0 Å². The smallest absolute Gasteiger partial charge is 0.243 e. The lowest BCUT2D eigenvalue weighted by Crippen LogP contribution is -2.53. The second-order valence-corrected chi connectivity index (χ2v) is 5.02. The monoisotopic (exact) mass is 241 g/mol. The third kappa shape index (κ3) is 3.43. The van der Waals surface area contributed by atoms with Crippen molar-refractivity contribution in [3.63, 3.8) is 0 Å². The van der Waals surface area contributed by atoms with E-state index in [1.165, 1.54) is 0 Å². The van der Waals surface area contributed by atoms with Gasteiger partial charge in [0.25, 0.3) is 0 Å². The largest absolute Gasteiger partial charge is 0.351 e. The van der Waals surface area contributed by atoms with Gasteiger partial charge in [0.15, 0.2) is 0 Å². The van der Waals surface area contributed by atoms with Crippen LogP contribution in [0.3, 0.4) is 0 Å². The quantitative estimate of drug-likeness (QED) is 0.716. The summed E-state index contributed by atoms with van der Waals surface area (Å²) >= 11 is 0. The van der Waals surface area contributed by atoms with Gasteiger partial charge in [-0.2, -0.15) is 0 Å². The molecule has 98 valence electrons. The van der Waals surface area contributed by atoms with Gasteiger partial charge in [-0.05, 0) is 19.3 Å². The molecule has 5 heteroatoms. The molecule has 1 unspecified atom stereocenters. The van der Waals surface area contributed by atoms with Gasteiger partial charge in [0.05, 0.1) is 0 Å². The molecule has 0 bridgehead atoms. The molecule has 1 fully saturated rings. The van der Waals surface area contributed by atoms with Crippen molar-refractivity contribution in [1.82, 2.24) is 10.2 Å². The molecule has 0 radical (unpaired) electrons. The third-order valence-corrected chi connectivity index (χ3v) is 3.09. The van der Waals surface area contributed by atoms with Crippen LogP contribution in [0.5, 0.6) is 0 Å². The maximum atomic E-state index is 12.1. The summed E-state index contributed by atoms with van der Waals surface area (Å²) in [5, 5.41) is 2.85. The van der Waals surface area contributed by atoms with Crippen LogP contribution in [0.1, 0.15) is 33.6 Å². The van der Waals surface area contributed by atoms with Crippen molar-refractivity contribution in [3.05, 3.63) is 0 Å². The van der Waals surface area contributed by atoms with E-state index in [-0.39, 0.29) is 29.8 Å². The second kappa shape index (κ2) is 6.00. The average molecular weight is 241 g/mol. The second-order valence-electron chi connectivity index (χ2n) is 5.02. The van der Waals surface area contributed by atoms with E-state index in [1.54, 1.807) is 4.90 Å². The highest BCUT2D eigenvalue weighted by Gasteiger charge is 2.35. The van der Waals surface area contributed by atoms with Crippen LogP contribution in [-0.4, -0.2) is 41.9 Å². The van der Waals surface area contributed by atoms with Crippen LogP contribution in [0.4, 0.5) is 0 Å². The van der Waals surface area contributed by atoms with Gasteiger partial charge in [0.2, 0.25) is 11.8 Å². The Bertz CT molecular complexity index is 291. The molecule has 17 heavy (non-hydrogen) atoms. The minimum Gasteiger partial charge on any atom is -0.351 e. The Morgan fingerprint density at radius 1 is 1.47 bits per heavy atom. The molecule has 1 aliphatic rings. The minimum atomic E-state index is -0.362. The number of nitrogens with zero attached hydrogens (tertiary/aromatic N) is 1. The predicted molar refractivity (Wildman–Crippen MR) is 66.2 cm³/mol. The maximum absolute atomic E-state index is 12.1. The molecule has 0 aromatic heterocycles. The van der Waals surface area contributed by atoms with Gasteiger partial charge < -0.3 is 16.0 Å². The molecule has 0 aromatic rings. The van der Waals surface area contributed by atoms with E-state index in [4.69, 9.17) is 5.73 Å². The van der Waals surface area contributed by atoms with Crippen molar-refractivity contribution in [2.75, 3.05) is 13.1 Å². The number of nitrogens with two attached hydrogens (primary N) is 1. The number of amides is 2. The van der Waals surface area contributed by atoms with Crippen molar-refractivity contribution in [3.8, 4) is 0 Å². The maximum Gasteiger partial charge on any atom is 0.243 e. The lowest BCUT2D eigenvalue weighted by atomic mass is 10.0. The van der Waals surface area contributed by atoms with Crippen molar-refractivity contribution in [1.29, 1.82) is 0 Å². The van der Waals surface area contributed by atoms with E-state index >= 15 is 0 Å². The lowest BCUT2D eigenvalue weighted by Gasteiger charge is -2.30. The zero-order chi connectivity index (χ0) is 13.0. The first kappa shape index (κ1) is 14.0. The van der Waals surface area contributed by atoms with E-state index < -0.39 is 0 Å². The zero-order valence-electron chi connectivity index (χ0n) is 10.9. The van der Waals surface area contributed by atoms with Gasteiger partial charge in [-0.3, -0.25) is 9.59 Å². The first-order valence-corrected chi connectivity index (χ1v) is 6.27. The van der Waals surface area contributed by atoms with Gasteiger partial charge in [0, 0.05) is 25.6 Å². The minimum absolute atomic E-state index is 0.0542. The lowest BCUT2D eigenvalue weighted by molar-refractivity contribution is -0.139. The molecular formula is C12H23N3O2. The van der Waals surface area contributed by atoms with E-state index in [0.717, 1.165) is 6.42 Å². The molecule has 3 N–H and O–H groups in total. The number of carbonyl (C=O) groups is 2. The summed E-state index contributed by atoms with van der Waals surface area (Å²) in [4.78, 5) is 25.5. The summed E-state index contributed by atoms with van der Waals surface area (Å²) in [5.74, 6) is 0.106. The van der Waals surface area contributed by atoms with Crippen LogP contribution in [0, 0.1) is 5.92 Å². The summed E-state index contributed by atoms with van der Waals surface area (Å²) in [6, 6.07) is -0.416. The molecule has 1 heterocycles. The summed E-state index contributed by atoms with van der Waals surface area (Å²) < 4.78 is 0. The summed E-state index contributed by atoms with van der Waals surface area (Å²) in [7, 11) is 0. The number of nitrogens with one attached hydrogen (secondary N) is 1. The fourth-order valence-electron chi connectivity index (χ4n) is 2.15. The summed E-state index contributed by atoms with van der Waals surface area (Å²) in [6.07, 6.45) is 1.41. The van der Waals surface area contributed by atoms with Crippen LogP contribution < -0.4 is 11.1 Å². The van der Waals surface area contributed by atoms with Crippen molar-refractivity contribution in [2.45, 2.75) is 45.7 Å². The predicted octanol–water partition coefficient (Wildman–Crippen LogP) is 0.0968. The highest BCUT2D eigenvalue weighted by molar-refractivity contribution is 5.88. The fourth-order valence-corrected chi connectivity index (χ4v) is 2.15. The van der Waals surface area contributed by atoms with Crippen LogP contribution in [0.25, 0.3) is 0 Å². The summed E-state index contributed by atoms with van der Waals surface area (Å²) in [6.45, 7) is 6.88. The molecule has 1 rings (SSSR count). The highest BCUT2D eigenvalue weighted by Crippen LogP contribution is 2.19. The molecule has 1 saturated heterocycles. The van der Waals surface area contributed by atoms with Gasteiger partial charge in [0.1, 0.15) is 6.04 Å². The molecule has 2 amide bonds. The van der Waals surface area contributed by atoms with E-state index in [9.17, 15) is 9.59 Å².